The standard InChI is InChI=1S/C34H43N9O3S/c1-22-30(35)34(21-46-22)8-11-42(12-9-34)28-19-38-33(31(36)39-28)47-25-7-10-37-27(18-25)43-15-13-41(14-16-43)20-23-3-2-4-24(17-23)26-5-6-29(44)40-32(26)45/h2-4,7,10,17-19,22,26,30H,5-6,8-9,11-16,20-21,35H2,1H3,(H2,36,39)(H,40,44,45)/t22-,26?,30+/m0/s1. The Balaban J connectivity index is 0.925. The second-order valence-corrected chi connectivity index (χ2v) is 14.3. The molecule has 1 aromatic carbocycles. The highest BCUT2D eigenvalue weighted by Crippen LogP contribution is 2.42. The van der Waals surface area contributed by atoms with Gasteiger partial charge in [0.2, 0.25) is 11.8 Å². The van der Waals surface area contributed by atoms with Crippen molar-refractivity contribution in [3.63, 3.8) is 0 Å². The molecule has 4 aliphatic heterocycles. The van der Waals surface area contributed by atoms with Gasteiger partial charge < -0.3 is 26.0 Å². The van der Waals surface area contributed by atoms with E-state index in [9.17, 15) is 9.59 Å². The molecule has 3 atom stereocenters. The van der Waals surface area contributed by atoms with Crippen LogP contribution in [0.3, 0.4) is 0 Å². The van der Waals surface area contributed by atoms with E-state index in [0.29, 0.717) is 23.7 Å². The van der Waals surface area contributed by atoms with E-state index in [-0.39, 0.29) is 35.3 Å². The van der Waals surface area contributed by atoms with Crippen molar-refractivity contribution in [1.29, 1.82) is 0 Å². The average Bonchev–Trinajstić information content (AvgIpc) is 3.35. The Kier molecular flexibility index (Phi) is 9.05. The molecule has 2 aromatic heterocycles. The Bertz CT molecular complexity index is 1620. The summed E-state index contributed by atoms with van der Waals surface area (Å²) in [4.78, 5) is 46.0. The minimum absolute atomic E-state index is 0.0573. The number of carbonyl (C=O) groups is 2. The number of nitrogen functional groups attached to an aromatic ring is 1. The highest BCUT2D eigenvalue weighted by Gasteiger charge is 2.47. The number of aromatic nitrogens is 3. The Hall–Kier alpha value is -3.78. The lowest BCUT2D eigenvalue weighted by molar-refractivity contribution is -0.134. The summed E-state index contributed by atoms with van der Waals surface area (Å²) in [6.45, 7) is 8.85. The lowest BCUT2D eigenvalue weighted by Gasteiger charge is -2.41. The van der Waals surface area contributed by atoms with Crippen LogP contribution in [0.25, 0.3) is 0 Å². The Morgan fingerprint density at radius 3 is 2.53 bits per heavy atom. The average molecular weight is 658 g/mol. The summed E-state index contributed by atoms with van der Waals surface area (Å²) >= 11 is 1.50. The van der Waals surface area contributed by atoms with E-state index in [1.54, 1.807) is 0 Å². The number of imide groups is 1. The highest BCUT2D eigenvalue weighted by atomic mass is 32.2. The van der Waals surface area contributed by atoms with Crippen LogP contribution in [0.4, 0.5) is 17.5 Å². The monoisotopic (exact) mass is 657 g/mol. The van der Waals surface area contributed by atoms with Gasteiger partial charge >= 0.3 is 0 Å². The fraction of sp³-hybridized carbons (Fsp3) is 0.500. The van der Waals surface area contributed by atoms with Gasteiger partial charge in [-0.1, -0.05) is 36.0 Å². The number of hydrogen-bond donors (Lipinski definition) is 3. The predicted molar refractivity (Wildman–Crippen MR) is 181 cm³/mol. The maximum atomic E-state index is 12.4. The van der Waals surface area contributed by atoms with Gasteiger partial charge in [-0.3, -0.25) is 19.8 Å². The summed E-state index contributed by atoms with van der Waals surface area (Å²) in [6.07, 6.45) is 6.67. The van der Waals surface area contributed by atoms with Crippen LogP contribution < -0.4 is 26.6 Å². The molecule has 0 radical (unpaired) electrons. The van der Waals surface area contributed by atoms with Gasteiger partial charge in [0, 0.05) is 74.8 Å². The zero-order chi connectivity index (χ0) is 32.5. The number of anilines is 3. The molecule has 4 saturated heterocycles. The molecule has 0 bridgehead atoms. The van der Waals surface area contributed by atoms with Crippen molar-refractivity contribution in [2.75, 3.05) is 61.4 Å². The molecule has 5 N–H and O–H groups in total. The molecule has 0 saturated carbocycles. The van der Waals surface area contributed by atoms with Crippen LogP contribution in [0.2, 0.25) is 0 Å². The van der Waals surface area contributed by atoms with E-state index in [0.717, 1.165) is 87.4 Å². The minimum atomic E-state index is -0.265. The van der Waals surface area contributed by atoms with Crippen LogP contribution in [0.1, 0.15) is 49.7 Å². The number of nitrogens with two attached hydrogens (primary N) is 2. The zero-order valence-corrected chi connectivity index (χ0v) is 27.6. The molecule has 0 aliphatic carbocycles. The third kappa shape index (κ3) is 6.80. The van der Waals surface area contributed by atoms with E-state index in [1.165, 1.54) is 17.3 Å². The minimum Gasteiger partial charge on any atom is -0.381 e. The lowest BCUT2D eigenvalue weighted by atomic mass is 9.73. The number of ether oxygens (including phenoxy) is 1. The second kappa shape index (κ2) is 13.4. The molecule has 2 amide bonds. The SMILES string of the molecule is C[C@@H]1OCC2(CCN(c3cnc(Sc4ccnc(N5CCN(Cc6cccc(C7CCC(=O)NC7=O)c6)CC5)c4)c(N)n3)CC2)[C@@H]1N. The van der Waals surface area contributed by atoms with E-state index in [2.05, 4.69) is 50.1 Å². The summed E-state index contributed by atoms with van der Waals surface area (Å²) < 4.78 is 5.87. The molecule has 248 valence electrons. The van der Waals surface area contributed by atoms with Crippen molar-refractivity contribution in [2.24, 2.45) is 11.1 Å². The number of hydrogen-bond acceptors (Lipinski definition) is 12. The fourth-order valence-electron chi connectivity index (χ4n) is 7.33. The van der Waals surface area contributed by atoms with E-state index in [1.807, 2.05) is 30.6 Å². The zero-order valence-electron chi connectivity index (χ0n) is 26.8. The van der Waals surface area contributed by atoms with Crippen LogP contribution >= 0.6 is 11.8 Å². The van der Waals surface area contributed by atoms with Gasteiger partial charge in [0.05, 0.1) is 24.8 Å². The summed E-state index contributed by atoms with van der Waals surface area (Å²) in [6, 6.07) is 12.4. The second-order valence-electron chi connectivity index (χ2n) is 13.3. The fourth-order valence-corrected chi connectivity index (χ4v) is 8.10. The third-order valence-electron chi connectivity index (χ3n) is 10.3. The number of carbonyl (C=O) groups excluding carboxylic acids is 2. The van der Waals surface area contributed by atoms with Crippen molar-refractivity contribution in [1.82, 2.24) is 25.2 Å². The molecule has 12 nitrogen and oxygen atoms in total. The molecule has 13 heteroatoms. The number of piperidine rings is 2. The number of nitrogens with one attached hydrogen (secondary N) is 1. The molecule has 7 rings (SSSR count). The predicted octanol–water partition coefficient (Wildman–Crippen LogP) is 2.78. The number of nitrogens with zero attached hydrogens (tertiary/aromatic N) is 6. The van der Waals surface area contributed by atoms with Gasteiger partial charge in [-0.25, -0.2) is 15.0 Å². The third-order valence-corrected chi connectivity index (χ3v) is 11.3. The topological polar surface area (TPSA) is 156 Å². The molecular formula is C34H43N9O3S. The summed E-state index contributed by atoms with van der Waals surface area (Å²) in [5.41, 5.74) is 15.1. The molecule has 1 unspecified atom stereocenters. The Morgan fingerprint density at radius 1 is 1.02 bits per heavy atom. The quantitative estimate of drug-likeness (QED) is 0.320. The van der Waals surface area contributed by atoms with Gasteiger partial charge in [-0.15, -0.1) is 0 Å². The Labute approximate surface area is 279 Å². The van der Waals surface area contributed by atoms with Crippen molar-refractivity contribution in [3.05, 3.63) is 59.9 Å². The van der Waals surface area contributed by atoms with E-state index >= 15 is 0 Å². The van der Waals surface area contributed by atoms with Crippen LogP contribution in [0.5, 0.6) is 0 Å². The first-order valence-corrected chi connectivity index (χ1v) is 17.4. The van der Waals surface area contributed by atoms with Crippen LogP contribution in [0, 0.1) is 5.41 Å². The molecule has 3 aromatic rings. The number of pyridine rings is 1. The Morgan fingerprint density at radius 2 is 1.81 bits per heavy atom. The molecule has 47 heavy (non-hydrogen) atoms. The van der Waals surface area contributed by atoms with Crippen LogP contribution in [0.15, 0.2) is 58.7 Å². The number of amides is 2. The van der Waals surface area contributed by atoms with Crippen molar-refractivity contribution in [3.8, 4) is 0 Å². The summed E-state index contributed by atoms with van der Waals surface area (Å²) in [5.74, 6) is 1.52. The van der Waals surface area contributed by atoms with Gasteiger partial charge in [-0.2, -0.15) is 0 Å². The number of benzene rings is 1. The number of piperazine rings is 1. The van der Waals surface area contributed by atoms with Gasteiger partial charge in [0.15, 0.2) is 5.82 Å². The van der Waals surface area contributed by atoms with Crippen molar-refractivity contribution >= 4 is 41.0 Å². The van der Waals surface area contributed by atoms with E-state index in [4.69, 9.17) is 26.2 Å². The smallest absolute Gasteiger partial charge is 0.234 e. The maximum absolute atomic E-state index is 12.4. The molecule has 6 heterocycles. The molecular weight excluding hydrogens is 615 g/mol. The van der Waals surface area contributed by atoms with Crippen molar-refractivity contribution in [2.45, 2.75) is 67.1 Å². The van der Waals surface area contributed by atoms with Gasteiger partial charge in [0.25, 0.3) is 0 Å². The molecule has 4 fully saturated rings. The maximum Gasteiger partial charge on any atom is 0.234 e. The van der Waals surface area contributed by atoms with Crippen LogP contribution in [-0.2, 0) is 20.9 Å². The normalized spacial score (nSPS) is 24.9. The number of rotatable bonds is 7. The first-order chi connectivity index (χ1) is 22.8. The first kappa shape index (κ1) is 31.8. The van der Waals surface area contributed by atoms with Crippen LogP contribution in [-0.4, -0.2) is 89.7 Å². The summed E-state index contributed by atoms with van der Waals surface area (Å²) in [5, 5.41) is 3.15. The lowest BCUT2D eigenvalue weighted by Crippen LogP contribution is -2.50. The van der Waals surface area contributed by atoms with Crippen molar-refractivity contribution < 1.29 is 14.3 Å². The first-order valence-electron chi connectivity index (χ1n) is 16.5. The summed E-state index contributed by atoms with van der Waals surface area (Å²) in [7, 11) is 0. The van der Waals surface area contributed by atoms with E-state index < -0.39 is 0 Å². The van der Waals surface area contributed by atoms with Gasteiger partial charge in [-0.05, 0) is 49.4 Å². The molecule has 4 aliphatic rings. The largest absolute Gasteiger partial charge is 0.381 e. The highest BCUT2D eigenvalue weighted by molar-refractivity contribution is 7.99. The molecule has 1 spiro atoms. The van der Waals surface area contributed by atoms with Gasteiger partial charge in [0.1, 0.15) is 16.7 Å².